The molecule has 8 heteroatoms. The quantitative estimate of drug-likeness (QED) is 0.864. The monoisotopic (exact) mass is 386 g/mol. The number of rotatable bonds is 3. The van der Waals surface area contributed by atoms with Crippen LogP contribution in [-0.4, -0.2) is 72.5 Å². The van der Waals surface area contributed by atoms with Crippen LogP contribution in [0.3, 0.4) is 0 Å². The van der Waals surface area contributed by atoms with Gasteiger partial charge in [-0.25, -0.2) is 4.79 Å². The molecule has 3 atom stereocenters. The van der Waals surface area contributed by atoms with Crippen molar-refractivity contribution in [3.63, 3.8) is 0 Å². The third kappa shape index (κ3) is 3.16. The second kappa shape index (κ2) is 6.83. The lowest BCUT2D eigenvalue weighted by Gasteiger charge is -2.29. The maximum atomic E-state index is 12.3. The zero-order chi connectivity index (χ0) is 17.6. The van der Waals surface area contributed by atoms with E-state index >= 15 is 0 Å². The number of phenolic OH excluding ortho intramolecular Hbond substituents is 1. The van der Waals surface area contributed by atoms with E-state index < -0.39 is 0 Å². The zero-order valence-corrected chi connectivity index (χ0v) is 15.2. The summed E-state index contributed by atoms with van der Waals surface area (Å²) in [5, 5.41) is 11.0. The summed E-state index contributed by atoms with van der Waals surface area (Å²) in [5.74, 6) is 0.0786. The highest BCUT2D eigenvalue weighted by Gasteiger charge is 2.49. The number of morpholine rings is 1. The van der Waals surface area contributed by atoms with Crippen LogP contribution in [-0.2, 0) is 9.47 Å². The number of halogens is 2. The molecule has 4 rings (SSSR count). The summed E-state index contributed by atoms with van der Waals surface area (Å²) < 4.78 is 11.0. The summed E-state index contributed by atoms with van der Waals surface area (Å²) in [6.07, 6.45) is 0.244. The SMILES string of the molecule is O=C1O[C@H](CN2CCOCC2)[C@@H]2C[C@H](c3c(O)ccc(Cl)c3Cl)CN12. The zero-order valence-electron chi connectivity index (χ0n) is 13.7. The molecule has 3 fully saturated rings. The molecule has 0 radical (unpaired) electrons. The second-order valence-corrected chi connectivity index (χ2v) is 7.57. The first-order valence-corrected chi connectivity index (χ1v) is 9.24. The number of fused-ring (bicyclic) bond motifs is 1. The molecule has 3 aliphatic rings. The van der Waals surface area contributed by atoms with Crippen LogP contribution in [0.4, 0.5) is 4.79 Å². The fraction of sp³-hybridized carbons (Fsp3) is 0.588. The van der Waals surface area contributed by atoms with Gasteiger partial charge in [0.05, 0.1) is 29.3 Å². The van der Waals surface area contributed by atoms with Crippen LogP contribution in [0, 0.1) is 0 Å². The number of amides is 1. The first-order chi connectivity index (χ1) is 12.0. The van der Waals surface area contributed by atoms with E-state index in [1.165, 1.54) is 0 Å². The number of benzene rings is 1. The summed E-state index contributed by atoms with van der Waals surface area (Å²) in [4.78, 5) is 16.3. The van der Waals surface area contributed by atoms with Gasteiger partial charge >= 0.3 is 6.09 Å². The summed E-state index contributed by atoms with van der Waals surface area (Å²) in [6.45, 7) is 4.32. The number of aromatic hydroxyl groups is 1. The molecule has 25 heavy (non-hydrogen) atoms. The van der Waals surface area contributed by atoms with Gasteiger partial charge in [0.1, 0.15) is 11.9 Å². The van der Waals surface area contributed by atoms with Crippen LogP contribution in [0.5, 0.6) is 5.75 Å². The average Bonchev–Trinajstić information content (AvgIpc) is 3.14. The van der Waals surface area contributed by atoms with Crippen LogP contribution < -0.4 is 0 Å². The van der Waals surface area contributed by atoms with Crippen LogP contribution in [0.15, 0.2) is 12.1 Å². The number of carbonyl (C=O) groups is 1. The Kier molecular flexibility index (Phi) is 4.71. The van der Waals surface area contributed by atoms with E-state index in [4.69, 9.17) is 32.7 Å². The van der Waals surface area contributed by atoms with Crippen molar-refractivity contribution in [1.29, 1.82) is 0 Å². The first kappa shape index (κ1) is 17.2. The van der Waals surface area contributed by atoms with E-state index in [2.05, 4.69) is 4.90 Å². The lowest BCUT2D eigenvalue weighted by molar-refractivity contribution is 0.0142. The summed E-state index contributed by atoms with van der Waals surface area (Å²) in [7, 11) is 0. The van der Waals surface area contributed by atoms with E-state index in [0.717, 1.165) is 13.1 Å². The maximum absolute atomic E-state index is 12.3. The van der Waals surface area contributed by atoms with E-state index in [-0.39, 0.29) is 29.9 Å². The Balaban J connectivity index is 1.52. The van der Waals surface area contributed by atoms with E-state index in [1.54, 1.807) is 17.0 Å². The van der Waals surface area contributed by atoms with E-state index in [1.807, 2.05) is 0 Å². The lowest BCUT2D eigenvalue weighted by Crippen LogP contribution is -2.44. The molecule has 1 aromatic carbocycles. The minimum atomic E-state index is -0.289. The van der Waals surface area contributed by atoms with Gasteiger partial charge in [0.2, 0.25) is 0 Å². The van der Waals surface area contributed by atoms with Gasteiger partial charge in [0, 0.05) is 37.7 Å². The van der Waals surface area contributed by atoms with Crippen molar-refractivity contribution in [3.8, 4) is 5.75 Å². The molecule has 1 aromatic rings. The minimum absolute atomic E-state index is 0.00482. The molecular weight excluding hydrogens is 367 g/mol. The van der Waals surface area contributed by atoms with Crippen LogP contribution >= 0.6 is 23.2 Å². The minimum Gasteiger partial charge on any atom is -0.508 e. The van der Waals surface area contributed by atoms with Crippen molar-refractivity contribution in [2.75, 3.05) is 39.4 Å². The van der Waals surface area contributed by atoms with Crippen molar-refractivity contribution in [3.05, 3.63) is 27.7 Å². The van der Waals surface area contributed by atoms with Crippen molar-refractivity contribution < 1.29 is 19.4 Å². The van der Waals surface area contributed by atoms with Gasteiger partial charge in [-0.05, 0) is 18.6 Å². The summed E-state index contributed by atoms with van der Waals surface area (Å²) in [5.41, 5.74) is 0.626. The fourth-order valence-corrected chi connectivity index (χ4v) is 4.53. The van der Waals surface area contributed by atoms with Gasteiger partial charge in [-0.15, -0.1) is 0 Å². The molecule has 0 unspecified atom stereocenters. The van der Waals surface area contributed by atoms with Crippen molar-refractivity contribution in [1.82, 2.24) is 9.80 Å². The van der Waals surface area contributed by atoms with E-state index in [9.17, 15) is 9.90 Å². The fourth-order valence-electron chi connectivity index (χ4n) is 4.06. The molecule has 3 saturated heterocycles. The molecule has 0 aliphatic carbocycles. The van der Waals surface area contributed by atoms with Gasteiger partial charge in [0.25, 0.3) is 0 Å². The highest BCUT2D eigenvalue weighted by Crippen LogP contribution is 2.45. The Hall–Kier alpha value is -1.21. The van der Waals surface area contributed by atoms with Gasteiger partial charge in [0.15, 0.2) is 0 Å². The molecule has 0 spiro atoms. The van der Waals surface area contributed by atoms with Gasteiger partial charge in [-0.1, -0.05) is 23.2 Å². The van der Waals surface area contributed by atoms with Crippen molar-refractivity contribution in [2.45, 2.75) is 24.5 Å². The highest BCUT2D eigenvalue weighted by atomic mass is 35.5. The standard InChI is InChI=1S/C17H20Cl2N2O4/c18-11-1-2-13(22)15(16(11)19)10-7-12-14(25-17(23)21(12)8-10)9-20-3-5-24-6-4-20/h1-2,10,12,14,22H,3-9H2/t10-,12-,14+/m0/s1. The first-order valence-electron chi connectivity index (χ1n) is 8.49. The number of carbonyl (C=O) groups excluding carboxylic acids is 1. The van der Waals surface area contributed by atoms with Crippen molar-refractivity contribution >= 4 is 29.3 Å². The Morgan fingerprint density at radius 1 is 1.24 bits per heavy atom. The summed E-state index contributed by atoms with van der Waals surface area (Å²) in [6, 6.07) is 3.12. The number of nitrogens with zero attached hydrogens (tertiary/aromatic N) is 2. The number of ether oxygens (including phenoxy) is 2. The number of hydrogen-bond acceptors (Lipinski definition) is 5. The highest BCUT2D eigenvalue weighted by molar-refractivity contribution is 6.42. The molecule has 0 saturated carbocycles. The lowest BCUT2D eigenvalue weighted by atomic mass is 9.93. The summed E-state index contributed by atoms with van der Waals surface area (Å²) >= 11 is 12.4. The predicted molar refractivity (Wildman–Crippen MR) is 93.5 cm³/mol. The average molecular weight is 387 g/mol. The van der Waals surface area contributed by atoms with Gasteiger partial charge in [-0.2, -0.15) is 0 Å². The third-order valence-corrected chi connectivity index (χ3v) is 6.14. The Bertz CT molecular complexity index is 681. The predicted octanol–water partition coefficient (Wildman–Crippen LogP) is 2.71. The third-order valence-electron chi connectivity index (χ3n) is 5.32. The van der Waals surface area contributed by atoms with Crippen molar-refractivity contribution in [2.24, 2.45) is 0 Å². The Morgan fingerprint density at radius 2 is 2.00 bits per heavy atom. The molecule has 136 valence electrons. The second-order valence-electron chi connectivity index (χ2n) is 6.78. The number of hydrogen-bond donors (Lipinski definition) is 1. The molecule has 1 N–H and O–H groups in total. The van der Waals surface area contributed by atoms with Crippen LogP contribution in [0.2, 0.25) is 10.0 Å². The van der Waals surface area contributed by atoms with Crippen LogP contribution in [0.1, 0.15) is 17.9 Å². The smallest absolute Gasteiger partial charge is 0.410 e. The molecule has 6 nitrogen and oxygen atoms in total. The normalized spacial score (nSPS) is 29.8. The molecular formula is C17H20Cl2N2O4. The van der Waals surface area contributed by atoms with Gasteiger partial charge in [-0.3, -0.25) is 4.90 Å². The molecule has 3 aliphatic heterocycles. The van der Waals surface area contributed by atoms with Gasteiger partial charge < -0.3 is 19.5 Å². The molecule has 0 bridgehead atoms. The maximum Gasteiger partial charge on any atom is 0.410 e. The Morgan fingerprint density at radius 3 is 2.76 bits per heavy atom. The molecule has 1 amide bonds. The van der Waals surface area contributed by atoms with E-state index in [0.29, 0.717) is 48.3 Å². The molecule has 0 aromatic heterocycles. The molecule has 3 heterocycles. The Labute approximate surface area is 156 Å². The largest absolute Gasteiger partial charge is 0.508 e. The number of cyclic esters (lactones) is 1. The number of phenols is 1. The van der Waals surface area contributed by atoms with Crippen LogP contribution in [0.25, 0.3) is 0 Å². The topological polar surface area (TPSA) is 62.2 Å².